The molecule has 7 heteroatoms. The predicted octanol–water partition coefficient (Wildman–Crippen LogP) is 2.85. The van der Waals surface area contributed by atoms with E-state index in [4.69, 9.17) is 16.7 Å². The maximum absolute atomic E-state index is 12.7. The summed E-state index contributed by atoms with van der Waals surface area (Å²) in [6, 6.07) is 3.75. The van der Waals surface area contributed by atoms with Crippen LogP contribution in [0.25, 0.3) is 0 Å². The van der Waals surface area contributed by atoms with Crippen molar-refractivity contribution in [3.63, 3.8) is 0 Å². The van der Waals surface area contributed by atoms with Crippen LogP contribution in [0.5, 0.6) is 0 Å². The Morgan fingerprint density at radius 2 is 2.05 bits per heavy atom. The summed E-state index contributed by atoms with van der Waals surface area (Å²) in [5.41, 5.74) is -0.0823. The van der Waals surface area contributed by atoms with E-state index in [-0.39, 0.29) is 15.5 Å². The van der Waals surface area contributed by atoms with Gasteiger partial charge in [-0.25, -0.2) is 13.2 Å². The fraction of sp³-hybridized carbons (Fsp3) is 0.500. The van der Waals surface area contributed by atoms with Gasteiger partial charge in [0.1, 0.15) is 4.90 Å². The number of benzene rings is 1. The second-order valence-electron chi connectivity index (χ2n) is 5.39. The van der Waals surface area contributed by atoms with E-state index in [2.05, 4.69) is 6.92 Å². The van der Waals surface area contributed by atoms with E-state index in [1.807, 2.05) is 0 Å². The van der Waals surface area contributed by atoms with E-state index in [0.717, 1.165) is 25.3 Å². The Morgan fingerprint density at radius 1 is 1.33 bits per heavy atom. The van der Waals surface area contributed by atoms with Crippen LogP contribution < -0.4 is 0 Å². The highest BCUT2D eigenvalue weighted by atomic mass is 35.5. The summed E-state index contributed by atoms with van der Waals surface area (Å²) in [5, 5.41) is 9.06. The van der Waals surface area contributed by atoms with Gasteiger partial charge >= 0.3 is 5.97 Å². The fourth-order valence-electron chi connectivity index (χ4n) is 2.45. The van der Waals surface area contributed by atoms with Gasteiger partial charge in [0.25, 0.3) is 0 Å². The Labute approximate surface area is 129 Å². The normalized spacial score (nSPS) is 21.0. The molecule has 1 fully saturated rings. The quantitative estimate of drug-likeness (QED) is 0.924. The first-order chi connectivity index (χ1) is 9.82. The van der Waals surface area contributed by atoms with Crippen molar-refractivity contribution in [3.8, 4) is 0 Å². The van der Waals surface area contributed by atoms with Gasteiger partial charge in [-0.1, -0.05) is 18.5 Å². The molecule has 116 valence electrons. The van der Waals surface area contributed by atoms with E-state index < -0.39 is 16.0 Å². The molecule has 0 aromatic heterocycles. The molecule has 2 rings (SSSR count). The van der Waals surface area contributed by atoms with Crippen molar-refractivity contribution in [2.45, 2.75) is 31.1 Å². The molecule has 21 heavy (non-hydrogen) atoms. The van der Waals surface area contributed by atoms with Gasteiger partial charge in [0.05, 0.1) is 10.6 Å². The van der Waals surface area contributed by atoms with Crippen molar-refractivity contribution in [1.82, 2.24) is 4.31 Å². The number of aromatic carboxylic acids is 1. The van der Waals surface area contributed by atoms with Crippen LogP contribution in [0.4, 0.5) is 0 Å². The number of hydrogen-bond donors (Lipinski definition) is 1. The van der Waals surface area contributed by atoms with Gasteiger partial charge in [-0.2, -0.15) is 4.31 Å². The van der Waals surface area contributed by atoms with Gasteiger partial charge < -0.3 is 5.11 Å². The van der Waals surface area contributed by atoms with E-state index in [9.17, 15) is 13.2 Å². The zero-order valence-electron chi connectivity index (χ0n) is 11.8. The highest BCUT2D eigenvalue weighted by Gasteiger charge is 2.29. The summed E-state index contributed by atoms with van der Waals surface area (Å²) in [4.78, 5) is 10.9. The summed E-state index contributed by atoms with van der Waals surface area (Å²) >= 11 is 5.98. The molecule has 0 saturated carbocycles. The number of sulfonamides is 1. The van der Waals surface area contributed by atoms with E-state index in [0.29, 0.717) is 19.0 Å². The number of halogens is 1. The molecule has 1 aromatic carbocycles. The molecule has 0 bridgehead atoms. The second kappa shape index (κ2) is 6.34. The summed E-state index contributed by atoms with van der Waals surface area (Å²) < 4.78 is 26.8. The largest absolute Gasteiger partial charge is 0.478 e. The smallest absolute Gasteiger partial charge is 0.335 e. The van der Waals surface area contributed by atoms with Gasteiger partial charge in [-0.15, -0.1) is 0 Å². The monoisotopic (exact) mass is 331 g/mol. The Morgan fingerprint density at radius 3 is 2.71 bits per heavy atom. The maximum Gasteiger partial charge on any atom is 0.335 e. The molecule has 1 heterocycles. The van der Waals surface area contributed by atoms with E-state index in [1.54, 1.807) is 0 Å². The van der Waals surface area contributed by atoms with Crippen LogP contribution in [0.1, 0.15) is 36.5 Å². The molecule has 1 atom stereocenters. The number of carbonyl (C=O) groups is 1. The predicted molar refractivity (Wildman–Crippen MR) is 80.2 cm³/mol. The Balaban J connectivity index is 2.39. The molecule has 1 saturated heterocycles. The Kier molecular flexibility index (Phi) is 4.91. The van der Waals surface area contributed by atoms with Crippen molar-refractivity contribution in [3.05, 3.63) is 28.8 Å². The molecule has 1 aliphatic heterocycles. The average Bonchev–Trinajstić information content (AvgIpc) is 2.64. The fourth-order valence-corrected chi connectivity index (χ4v) is 4.44. The van der Waals surface area contributed by atoms with Crippen LogP contribution in [0.3, 0.4) is 0 Å². The Hall–Kier alpha value is -1.11. The van der Waals surface area contributed by atoms with Crippen LogP contribution in [0.2, 0.25) is 5.02 Å². The number of hydrogen-bond acceptors (Lipinski definition) is 3. The highest BCUT2D eigenvalue weighted by Crippen LogP contribution is 2.28. The topological polar surface area (TPSA) is 74.7 Å². The zero-order chi connectivity index (χ0) is 15.6. The summed E-state index contributed by atoms with van der Waals surface area (Å²) in [5.74, 6) is -0.682. The van der Waals surface area contributed by atoms with Gasteiger partial charge in [0.15, 0.2) is 0 Å². The summed E-state index contributed by atoms with van der Waals surface area (Å²) in [7, 11) is -3.76. The van der Waals surface area contributed by atoms with Crippen LogP contribution in [0, 0.1) is 5.92 Å². The molecule has 0 amide bonds. The molecule has 1 aromatic rings. The molecular weight excluding hydrogens is 314 g/mol. The lowest BCUT2D eigenvalue weighted by Gasteiger charge is -2.21. The number of rotatable bonds is 3. The lowest BCUT2D eigenvalue weighted by Crippen LogP contribution is -2.32. The molecule has 1 aliphatic rings. The van der Waals surface area contributed by atoms with Gasteiger partial charge in [0.2, 0.25) is 10.0 Å². The third-order valence-electron chi connectivity index (χ3n) is 3.77. The Bertz CT molecular complexity index is 644. The molecule has 1 N–H and O–H groups in total. The molecular formula is C14H18ClNO4S. The van der Waals surface area contributed by atoms with Crippen molar-refractivity contribution < 1.29 is 18.3 Å². The SMILES string of the molecule is CC1CCCN(S(=O)(=O)c2cc(C(=O)O)ccc2Cl)CC1. The minimum Gasteiger partial charge on any atom is -0.478 e. The first-order valence-corrected chi connectivity index (χ1v) is 8.67. The second-order valence-corrected chi connectivity index (χ2v) is 7.70. The molecule has 0 aliphatic carbocycles. The minimum absolute atomic E-state index is 0.0531. The van der Waals surface area contributed by atoms with Crippen molar-refractivity contribution >= 4 is 27.6 Å². The molecule has 0 radical (unpaired) electrons. The van der Waals surface area contributed by atoms with Crippen molar-refractivity contribution in [2.75, 3.05) is 13.1 Å². The molecule has 1 unspecified atom stereocenters. The van der Waals surface area contributed by atoms with Gasteiger partial charge in [-0.3, -0.25) is 0 Å². The van der Waals surface area contributed by atoms with Crippen LogP contribution in [-0.4, -0.2) is 36.9 Å². The number of carboxylic acid groups (broad SMARTS) is 1. The zero-order valence-corrected chi connectivity index (χ0v) is 13.3. The minimum atomic E-state index is -3.76. The van der Waals surface area contributed by atoms with E-state index >= 15 is 0 Å². The van der Waals surface area contributed by atoms with Crippen LogP contribution in [0.15, 0.2) is 23.1 Å². The van der Waals surface area contributed by atoms with Crippen LogP contribution >= 0.6 is 11.6 Å². The van der Waals surface area contributed by atoms with E-state index in [1.165, 1.54) is 16.4 Å². The van der Waals surface area contributed by atoms with Crippen LogP contribution in [-0.2, 0) is 10.0 Å². The standard InChI is InChI=1S/C14H18ClNO4S/c1-10-3-2-7-16(8-6-10)21(19,20)13-9-11(14(17)18)4-5-12(13)15/h4-5,9-10H,2-3,6-8H2,1H3,(H,17,18). The summed E-state index contributed by atoms with van der Waals surface area (Å²) in [6.45, 7) is 2.99. The highest BCUT2D eigenvalue weighted by molar-refractivity contribution is 7.89. The number of nitrogens with zero attached hydrogens (tertiary/aromatic N) is 1. The van der Waals surface area contributed by atoms with Gasteiger partial charge in [-0.05, 0) is 43.4 Å². The third-order valence-corrected chi connectivity index (χ3v) is 6.15. The van der Waals surface area contributed by atoms with Gasteiger partial charge in [0, 0.05) is 13.1 Å². The summed E-state index contributed by atoms with van der Waals surface area (Å²) in [6.07, 6.45) is 2.60. The molecule has 0 spiro atoms. The maximum atomic E-state index is 12.7. The first-order valence-electron chi connectivity index (χ1n) is 6.85. The average molecular weight is 332 g/mol. The lowest BCUT2D eigenvalue weighted by molar-refractivity contribution is 0.0696. The molecule has 5 nitrogen and oxygen atoms in total. The third kappa shape index (κ3) is 3.56. The van der Waals surface area contributed by atoms with Crippen molar-refractivity contribution in [2.24, 2.45) is 5.92 Å². The number of carboxylic acids is 1. The first kappa shape index (κ1) is 16.3. The van der Waals surface area contributed by atoms with Crippen molar-refractivity contribution in [1.29, 1.82) is 0 Å². The lowest BCUT2D eigenvalue weighted by atomic mass is 10.0.